The Morgan fingerprint density at radius 3 is 2.44 bits per heavy atom. The van der Waals surface area contributed by atoms with E-state index in [9.17, 15) is 18.0 Å². The summed E-state index contributed by atoms with van der Waals surface area (Å²) in [5, 5.41) is 2.64. The number of urea groups is 1. The molecule has 7 heteroatoms. The van der Waals surface area contributed by atoms with Gasteiger partial charge in [-0.15, -0.1) is 0 Å². The number of nitrogens with zero attached hydrogens (tertiary/aromatic N) is 1. The van der Waals surface area contributed by atoms with E-state index in [0.717, 1.165) is 19.4 Å². The van der Waals surface area contributed by atoms with Crippen LogP contribution in [0.4, 0.5) is 23.7 Å². The van der Waals surface area contributed by atoms with Gasteiger partial charge in [0, 0.05) is 25.4 Å². The molecule has 1 aliphatic heterocycles. The summed E-state index contributed by atoms with van der Waals surface area (Å²) < 4.78 is 44.1. The smallest absolute Gasteiger partial charge is 0.378 e. The molecule has 0 radical (unpaired) electrons. The van der Waals surface area contributed by atoms with E-state index >= 15 is 0 Å². The van der Waals surface area contributed by atoms with Crippen LogP contribution in [-0.2, 0) is 11.2 Å². The average Bonchev–Trinajstić information content (AvgIpc) is 3.14. The predicted molar refractivity (Wildman–Crippen MR) is 97.7 cm³/mol. The van der Waals surface area contributed by atoms with Crippen LogP contribution in [0.5, 0.6) is 0 Å². The first-order valence-corrected chi connectivity index (χ1v) is 9.73. The monoisotopic (exact) mass is 384 g/mol. The van der Waals surface area contributed by atoms with Gasteiger partial charge in [-0.2, -0.15) is 13.2 Å². The standard InChI is InChI=1S/C20H27F3N2O2/c21-20(22,23)13-16-7-3-4-8-18(16)24-19(26)25-11-9-17(10-12-25)27-14-15-5-1-2-6-15/h3-4,7-8,15,17H,1-2,5-6,9-14H2,(H,24,26). The molecule has 2 aliphatic rings. The molecule has 1 aromatic rings. The number of hydrogen-bond acceptors (Lipinski definition) is 2. The zero-order valence-electron chi connectivity index (χ0n) is 15.4. The van der Waals surface area contributed by atoms with Crippen LogP contribution < -0.4 is 5.32 Å². The fraction of sp³-hybridized carbons (Fsp3) is 0.650. The largest absolute Gasteiger partial charge is 0.393 e. The van der Waals surface area contributed by atoms with E-state index in [-0.39, 0.29) is 23.4 Å². The van der Waals surface area contributed by atoms with Gasteiger partial charge in [-0.1, -0.05) is 31.0 Å². The average molecular weight is 384 g/mol. The Morgan fingerprint density at radius 1 is 1.11 bits per heavy atom. The molecular formula is C20H27F3N2O2. The zero-order valence-corrected chi connectivity index (χ0v) is 15.4. The molecule has 1 saturated heterocycles. The van der Waals surface area contributed by atoms with Crippen LogP contribution in [0.3, 0.4) is 0 Å². The number of alkyl halides is 3. The number of carbonyl (C=O) groups excluding carboxylic acids is 1. The quantitative estimate of drug-likeness (QED) is 0.777. The lowest BCUT2D eigenvalue weighted by Crippen LogP contribution is -2.43. The van der Waals surface area contributed by atoms with Gasteiger partial charge in [-0.25, -0.2) is 4.79 Å². The van der Waals surface area contributed by atoms with Crippen LogP contribution in [0.1, 0.15) is 44.1 Å². The highest BCUT2D eigenvalue weighted by molar-refractivity contribution is 5.90. The van der Waals surface area contributed by atoms with Crippen molar-refractivity contribution < 1.29 is 22.7 Å². The van der Waals surface area contributed by atoms with Crippen molar-refractivity contribution >= 4 is 11.7 Å². The summed E-state index contributed by atoms with van der Waals surface area (Å²) in [5.74, 6) is 0.677. The number of benzene rings is 1. The Kier molecular flexibility index (Phi) is 6.63. The molecule has 1 heterocycles. The summed E-state index contributed by atoms with van der Waals surface area (Å²) in [4.78, 5) is 14.1. The maximum Gasteiger partial charge on any atom is 0.393 e. The number of carbonyl (C=O) groups is 1. The van der Waals surface area contributed by atoms with E-state index in [2.05, 4.69) is 5.32 Å². The van der Waals surface area contributed by atoms with Gasteiger partial charge in [0.2, 0.25) is 0 Å². The zero-order chi connectivity index (χ0) is 19.3. The number of para-hydroxylation sites is 1. The molecule has 2 fully saturated rings. The topological polar surface area (TPSA) is 41.6 Å². The van der Waals surface area contributed by atoms with E-state index in [1.165, 1.54) is 37.8 Å². The molecule has 4 nitrogen and oxygen atoms in total. The summed E-state index contributed by atoms with van der Waals surface area (Å²) in [6, 6.07) is 5.73. The van der Waals surface area contributed by atoms with Crippen molar-refractivity contribution in [1.29, 1.82) is 0 Å². The number of ether oxygens (including phenoxy) is 1. The second-order valence-electron chi connectivity index (χ2n) is 7.55. The minimum absolute atomic E-state index is 0.0770. The molecule has 1 saturated carbocycles. The van der Waals surface area contributed by atoms with Crippen molar-refractivity contribution in [3.63, 3.8) is 0 Å². The highest BCUT2D eigenvalue weighted by Gasteiger charge is 2.30. The molecule has 150 valence electrons. The second kappa shape index (κ2) is 8.95. The highest BCUT2D eigenvalue weighted by Crippen LogP contribution is 2.28. The lowest BCUT2D eigenvalue weighted by Gasteiger charge is -2.32. The fourth-order valence-corrected chi connectivity index (χ4v) is 3.88. The molecule has 0 spiro atoms. The number of rotatable bonds is 5. The number of amides is 2. The number of halogens is 3. The predicted octanol–water partition coefficient (Wildman–Crippen LogP) is 4.99. The van der Waals surface area contributed by atoms with Gasteiger partial charge in [0.15, 0.2) is 0 Å². The highest BCUT2D eigenvalue weighted by atomic mass is 19.4. The lowest BCUT2D eigenvalue weighted by atomic mass is 10.1. The Labute approximate surface area is 158 Å². The van der Waals surface area contributed by atoms with Crippen LogP contribution in [0.25, 0.3) is 0 Å². The van der Waals surface area contributed by atoms with E-state index in [1.54, 1.807) is 17.0 Å². The maximum atomic E-state index is 12.7. The molecule has 1 N–H and O–H groups in total. The number of nitrogens with one attached hydrogen (secondary N) is 1. The van der Waals surface area contributed by atoms with E-state index < -0.39 is 12.6 Å². The molecule has 27 heavy (non-hydrogen) atoms. The number of anilines is 1. The van der Waals surface area contributed by atoms with Crippen molar-refractivity contribution in [2.75, 3.05) is 25.0 Å². The Balaban J connectivity index is 1.47. The summed E-state index contributed by atoms with van der Waals surface area (Å²) in [6.45, 7) is 1.92. The van der Waals surface area contributed by atoms with Crippen molar-refractivity contribution in [2.24, 2.45) is 5.92 Å². The summed E-state index contributed by atoms with van der Waals surface area (Å²) in [7, 11) is 0. The van der Waals surface area contributed by atoms with Gasteiger partial charge in [0.1, 0.15) is 0 Å². The van der Waals surface area contributed by atoms with Crippen molar-refractivity contribution in [3.05, 3.63) is 29.8 Å². The maximum absolute atomic E-state index is 12.7. The summed E-state index contributed by atoms with van der Waals surface area (Å²) >= 11 is 0. The molecule has 0 atom stereocenters. The molecular weight excluding hydrogens is 357 g/mol. The van der Waals surface area contributed by atoms with Crippen LogP contribution in [0, 0.1) is 5.92 Å². The summed E-state index contributed by atoms with van der Waals surface area (Å²) in [6.07, 6.45) is 1.43. The third kappa shape index (κ3) is 6.13. The molecule has 0 unspecified atom stereocenters. The lowest BCUT2D eigenvalue weighted by molar-refractivity contribution is -0.127. The molecule has 1 aliphatic carbocycles. The summed E-state index contributed by atoms with van der Waals surface area (Å²) in [5.41, 5.74) is 0.299. The molecule has 2 amide bonds. The van der Waals surface area contributed by atoms with Gasteiger partial charge in [0.25, 0.3) is 0 Å². The second-order valence-corrected chi connectivity index (χ2v) is 7.55. The number of likely N-dealkylation sites (tertiary alicyclic amines) is 1. The van der Waals surface area contributed by atoms with Crippen molar-refractivity contribution in [3.8, 4) is 0 Å². The minimum Gasteiger partial charge on any atom is -0.378 e. The first-order valence-electron chi connectivity index (χ1n) is 9.73. The Morgan fingerprint density at radius 2 is 1.78 bits per heavy atom. The van der Waals surface area contributed by atoms with Gasteiger partial charge in [-0.05, 0) is 43.2 Å². The third-order valence-corrected chi connectivity index (χ3v) is 5.42. The first kappa shape index (κ1) is 20.0. The van der Waals surface area contributed by atoms with Crippen LogP contribution in [0.15, 0.2) is 24.3 Å². The number of hydrogen-bond donors (Lipinski definition) is 1. The van der Waals surface area contributed by atoms with Crippen molar-refractivity contribution in [1.82, 2.24) is 4.90 Å². The Hall–Kier alpha value is -1.76. The van der Waals surface area contributed by atoms with Gasteiger partial charge >= 0.3 is 12.2 Å². The van der Waals surface area contributed by atoms with Crippen molar-refractivity contribution in [2.45, 2.75) is 57.2 Å². The van der Waals surface area contributed by atoms with E-state index in [0.29, 0.717) is 19.0 Å². The van der Waals surface area contributed by atoms with E-state index in [4.69, 9.17) is 4.74 Å². The van der Waals surface area contributed by atoms with Crippen LogP contribution in [-0.4, -0.2) is 42.9 Å². The SMILES string of the molecule is O=C(Nc1ccccc1CC(F)(F)F)N1CCC(OCC2CCCC2)CC1. The van der Waals surface area contributed by atoms with Gasteiger partial charge in [-0.3, -0.25) is 0 Å². The molecule has 3 rings (SSSR count). The van der Waals surface area contributed by atoms with Gasteiger partial charge < -0.3 is 15.0 Å². The molecule has 0 bridgehead atoms. The van der Waals surface area contributed by atoms with E-state index in [1.807, 2.05) is 0 Å². The number of piperidine rings is 1. The minimum atomic E-state index is -4.31. The molecule has 0 aromatic heterocycles. The Bertz CT molecular complexity index is 622. The van der Waals surface area contributed by atoms with Crippen LogP contribution >= 0.6 is 0 Å². The first-order chi connectivity index (χ1) is 12.9. The van der Waals surface area contributed by atoms with Gasteiger partial charge in [0.05, 0.1) is 12.5 Å². The fourth-order valence-electron chi connectivity index (χ4n) is 3.88. The normalized spacial score (nSPS) is 19.4. The van der Waals surface area contributed by atoms with Crippen LogP contribution in [0.2, 0.25) is 0 Å². The molecule has 1 aromatic carbocycles. The third-order valence-electron chi connectivity index (χ3n) is 5.42.